The van der Waals surface area contributed by atoms with Crippen LogP contribution in [0.2, 0.25) is 0 Å². The molecule has 0 saturated heterocycles. The first-order valence-electron chi connectivity index (χ1n) is 11.8. The van der Waals surface area contributed by atoms with Crippen LogP contribution < -0.4 is 4.74 Å². The maximum Gasteiger partial charge on any atom is 0.303 e. The van der Waals surface area contributed by atoms with Gasteiger partial charge in [0, 0.05) is 12.8 Å². The number of hydrogen-bond donors (Lipinski definition) is 2. The minimum atomic E-state index is -0.784. The van der Waals surface area contributed by atoms with Gasteiger partial charge in [-0.05, 0) is 64.2 Å². The van der Waals surface area contributed by atoms with Gasteiger partial charge in [0.25, 0.3) is 0 Å². The molecule has 0 radical (unpaired) electrons. The smallest absolute Gasteiger partial charge is 0.303 e. The minimum absolute atomic E-state index is 0.100. The van der Waals surface area contributed by atoms with Crippen LogP contribution in [0.15, 0.2) is 85.2 Å². The van der Waals surface area contributed by atoms with Crippen molar-refractivity contribution in [2.24, 2.45) is 0 Å². The number of benzene rings is 1. The van der Waals surface area contributed by atoms with Gasteiger partial charge in [-0.3, -0.25) is 4.79 Å². The van der Waals surface area contributed by atoms with Crippen molar-refractivity contribution >= 4 is 5.97 Å². The lowest BCUT2D eigenvalue weighted by atomic mass is 10.1. The number of unbranched alkanes of at least 4 members (excludes halogenated alkanes) is 1. The Morgan fingerprint density at radius 1 is 1.12 bits per heavy atom. The van der Waals surface area contributed by atoms with Crippen molar-refractivity contribution in [3.8, 4) is 5.75 Å². The molecular formula is C29H44O4. The van der Waals surface area contributed by atoms with Gasteiger partial charge in [-0.25, -0.2) is 0 Å². The normalized spacial score (nSPS) is 12.1. The van der Waals surface area contributed by atoms with Gasteiger partial charge in [0.2, 0.25) is 0 Å². The third kappa shape index (κ3) is 20.6. The van der Waals surface area contributed by atoms with Crippen molar-refractivity contribution in [3.63, 3.8) is 0 Å². The van der Waals surface area contributed by atoms with E-state index in [2.05, 4.69) is 12.7 Å². The van der Waals surface area contributed by atoms with Crippen LogP contribution in [-0.2, 0) is 11.2 Å². The maximum absolute atomic E-state index is 10.6. The third-order valence-electron chi connectivity index (χ3n) is 4.36. The van der Waals surface area contributed by atoms with E-state index in [0.29, 0.717) is 6.42 Å². The zero-order valence-electron chi connectivity index (χ0n) is 21.2. The molecule has 33 heavy (non-hydrogen) atoms. The van der Waals surface area contributed by atoms with E-state index in [1.165, 1.54) is 5.57 Å². The number of ether oxygens (including phenoxy) is 1. The molecule has 0 heterocycles. The molecule has 0 aliphatic carbocycles. The number of allylic oxidation sites excluding steroid dienone is 7. The fraction of sp³-hybridized carbons (Fsp3) is 0.414. The highest BCUT2D eigenvalue weighted by molar-refractivity contribution is 5.67. The van der Waals surface area contributed by atoms with Gasteiger partial charge < -0.3 is 14.9 Å². The highest BCUT2D eigenvalue weighted by atomic mass is 16.5. The van der Waals surface area contributed by atoms with E-state index < -0.39 is 5.97 Å². The average Bonchev–Trinajstić information content (AvgIpc) is 2.84. The van der Waals surface area contributed by atoms with Crippen LogP contribution in [0.4, 0.5) is 0 Å². The van der Waals surface area contributed by atoms with Gasteiger partial charge in [0.05, 0.1) is 6.26 Å². The van der Waals surface area contributed by atoms with Crippen LogP contribution in [0.5, 0.6) is 5.75 Å². The summed E-state index contributed by atoms with van der Waals surface area (Å²) in [5.41, 5.74) is 2.20. The third-order valence-corrected chi connectivity index (χ3v) is 4.36. The first kappa shape index (κ1) is 32.2. The summed E-state index contributed by atoms with van der Waals surface area (Å²) in [6.45, 7) is 13.6. The first-order valence-corrected chi connectivity index (χ1v) is 11.8. The number of aliphatic hydroxyl groups excluding tert-OH is 1. The largest absolute Gasteiger partial charge is 0.516 e. The number of carboxylic acid groups (broad SMARTS) is 1. The molecule has 1 aromatic rings. The van der Waals surface area contributed by atoms with Gasteiger partial charge in [0.15, 0.2) is 0 Å². The average molecular weight is 457 g/mol. The van der Waals surface area contributed by atoms with Gasteiger partial charge in [-0.1, -0.05) is 80.7 Å². The Balaban J connectivity index is 0. The second-order valence-electron chi connectivity index (χ2n) is 7.04. The molecule has 2 N–H and O–H groups in total. The van der Waals surface area contributed by atoms with Crippen LogP contribution in [0.1, 0.15) is 72.3 Å². The predicted octanol–water partition coefficient (Wildman–Crippen LogP) is 8.38. The van der Waals surface area contributed by atoms with E-state index in [-0.39, 0.29) is 12.5 Å². The van der Waals surface area contributed by atoms with Gasteiger partial charge in [-0.15, -0.1) is 0 Å². The monoisotopic (exact) mass is 456 g/mol. The van der Waals surface area contributed by atoms with Crippen LogP contribution >= 0.6 is 0 Å². The number of rotatable bonds is 13. The van der Waals surface area contributed by atoms with Crippen LogP contribution in [0.25, 0.3) is 0 Å². The molecule has 4 nitrogen and oxygen atoms in total. The molecule has 1 rings (SSSR count). The second-order valence-corrected chi connectivity index (χ2v) is 7.04. The van der Waals surface area contributed by atoms with Crippen molar-refractivity contribution in [2.45, 2.75) is 79.2 Å². The summed E-state index contributed by atoms with van der Waals surface area (Å²) < 4.78 is 6.02. The standard InChI is InChI=1S/C19H26O4.C8H12.C2H6/c1-2-3-7-17(8-5-4-6-15-20)23-18-12-9-16(10-13-18)11-14-19(21)22;1-4-6-7-8(3)5-2;1-2/h2-3,6,9-10,12-13,15,17,20H,4-5,7-8,11,14H2,1H3,(H,21,22);4-7H,2H2,1,3H3;1-2H3/b3-2-,15-6+;6-4-,8-7-;. The zero-order chi connectivity index (χ0) is 25.3. The Kier molecular flexibility index (Phi) is 23.1. The Bertz CT molecular complexity index is 724. The number of aryl methyl sites for hydroxylation is 1. The van der Waals surface area contributed by atoms with Crippen LogP contribution in [0, 0.1) is 0 Å². The van der Waals surface area contributed by atoms with E-state index >= 15 is 0 Å². The summed E-state index contributed by atoms with van der Waals surface area (Å²) in [7, 11) is 0. The lowest BCUT2D eigenvalue weighted by molar-refractivity contribution is -0.136. The number of aliphatic carboxylic acids is 1. The highest BCUT2D eigenvalue weighted by Gasteiger charge is 2.09. The summed E-state index contributed by atoms with van der Waals surface area (Å²) in [5, 5.41) is 17.4. The van der Waals surface area contributed by atoms with E-state index in [0.717, 1.165) is 43.3 Å². The quantitative estimate of drug-likeness (QED) is 0.135. The molecular weight excluding hydrogens is 412 g/mol. The van der Waals surface area contributed by atoms with E-state index in [4.69, 9.17) is 14.9 Å². The van der Waals surface area contributed by atoms with Gasteiger partial charge >= 0.3 is 5.97 Å². The molecule has 0 saturated carbocycles. The van der Waals surface area contributed by atoms with Crippen molar-refractivity contribution in [3.05, 3.63) is 90.8 Å². The zero-order valence-corrected chi connectivity index (χ0v) is 21.2. The predicted molar refractivity (Wildman–Crippen MR) is 142 cm³/mol. The summed E-state index contributed by atoms with van der Waals surface area (Å²) in [5.74, 6) is 0.0185. The number of hydrogen-bond acceptors (Lipinski definition) is 3. The number of carbonyl (C=O) groups is 1. The van der Waals surface area contributed by atoms with Gasteiger partial charge in [0.1, 0.15) is 11.9 Å². The Hall–Kier alpha value is -3.01. The number of carboxylic acids is 1. The summed E-state index contributed by atoms with van der Waals surface area (Å²) in [4.78, 5) is 10.6. The molecule has 1 atom stereocenters. The molecule has 0 fully saturated rings. The van der Waals surface area contributed by atoms with Crippen molar-refractivity contribution in [2.75, 3.05) is 0 Å². The number of aliphatic hydroxyl groups is 1. The molecule has 184 valence electrons. The highest BCUT2D eigenvalue weighted by Crippen LogP contribution is 2.19. The van der Waals surface area contributed by atoms with Gasteiger partial charge in [-0.2, -0.15) is 0 Å². The lowest BCUT2D eigenvalue weighted by Gasteiger charge is -2.18. The second kappa shape index (κ2) is 23.6. The molecule has 1 unspecified atom stereocenters. The lowest BCUT2D eigenvalue weighted by Crippen LogP contribution is -2.15. The molecule has 4 heteroatoms. The first-order chi connectivity index (χ1) is 16.0. The minimum Gasteiger partial charge on any atom is -0.516 e. The molecule has 0 aliphatic rings. The van der Waals surface area contributed by atoms with Crippen molar-refractivity contribution in [1.29, 1.82) is 0 Å². The van der Waals surface area contributed by atoms with Crippen molar-refractivity contribution in [1.82, 2.24) is 0 Å². The molecule has 1 aromatic carbocycles. The summed E-state index contributed by atoms with van der Waals surface area (Å²) in [6.07, 6.45) is 19.1. The van der Waals surface area contributed by atoms with E-state index in [9.17, 15) is 4.79 Å². The fourth-order valence-electron chi connectivity index (χ4n) is 2.55. The van der Waals surface area contributed by atoms with Crippen LogP contribution in [-0.4, -0.2) is 22.3 Å². The maximum atomic E-state index is 10.6. The Labute approximate surface area is 201 Å². The van der Waals surface area contributed by atoms with E-state index in [1.54, 1.807) is 6.08 Å². The summed E-state index contributed by atoms with van der Waals surface area (Å²) >= 11 is 0. The molecule has 0 aromatic heterocycles. The van der Waals surface area contributed by atoms with E-state index in [1.807, 2.05) is 89.3 Å². The Morgan fingerprint density at radius 2 is 1.79 bits per heavy atom. The molecule has 0 amide bonds. The molecule has 0 spiro atoms. The Morgan fingerprint density at radius 3 is 2.30 bits per heavy atom. The topological polar surface area (TPSA) is 66.8 Å². The fourth-order valence-corrected chi connectivity index (χ4v) is 2.55. The summed E-state index contributed by atoms with van der Waals surface area (Å²) in [6, 6.07) is 7.62. The molecule has 0 aliphatic heterocycles. The molecule has 0 bridgehead atoms. The van der Waals surface area contributed by atoms with Crippen molar-refractivity contribution < 1.29 is 19.7 Å². The van der Waals surface area contributed by atoms with Crippen LogP contribution in [0.3, 0.4) is 0 Å². The SMILES string of the molecule is C/C=C\CC(CCC/C=C/O)Oc1ccc(CCC(=O)O)cc1.C=C/C(C)=C\C=C/C.CC.